The molecular weight excluding hydrogens is 152 g/mol. The fraction of sp³-hybridized carbons (Fsp3) is 1.00. The number of rotatable bonds is 3. The first-order valence-corrected chi connectivity index (χ1v) is 5.04. The Morgan fingerprint density at radius 3 is 2.25 bits per heavy atom. The summed E-state index contributed by atoms with van der Waals surface area (Å²) in [6.07, 6.45) is 5.90. The van der Waals surface area contributed by atoms with Gasteiger partial charge in [-0.1, -0.05) is 32.1 Å². The molecule has 2 unspecified atom stereocenters. The van der Waals surface area contributed by atoms with Gasteiger partial charge in [-0.25, -0.2) is 0 Å². The Labute approximate surface area is 74.6 Å². The lowest BCUT2D eigenvalue weighted by atomic mass is 9.78. The lowest BCUT2D eigenvalue weighted by molar-refractivity contribution is 0.0323. The third-order valence-corrected chi connectivity index (χ3v) is 3.09. The van der Waals surface area contributed by atoms with Gasteiger partial charge < -0.3 is 10.2 Å². The first kappa shape index (κ1) is 10.0. The highest BCUT2D eigenvalue weighted by atomic mass is 16.3. The van der Waals surface area contributed by atoms with E-state index in [9.17, 15) is 5.11 Å². The molecule has 0 aromatic carbocycles. The van der Waals surface area contributed by atoms with Crippen LogP contribution in [0.4, 0.5) is 0 Å². The van der Waals surface area contributed by atoms with Crippen molar-refractivity contribution in [1.29, 1.82) is 0 Å². The molecule has 0 amide bonds. The summed E-state index contributed by atoms with van der Waals surface area (Å²) in [6, 6.07) is 0. The smallest absolute Gasteiger partial charge is 0.0564 e. The number of hydrogen-bond donors (Lipinski definition) is 2. The summed E-state index contributed by atoms with van der Waals surface area (Å²) in [7, 11) is 0. The zero-order valence-corrected chi connectivity index (χ0v) is 7.87. The van der Waals surface area contributed by atoms with Crippen molar-refractivity contribution >= 4 is 0 Å². The predicted octanol–water partition coefficient (Wildman–Crippen LogP) is 1.56. The van der Waals surface area contributed by atoms with Crippen molar-refractivity contribution in [3.05, 3.63) is 0 Å². The molecule has 0 bridgehead atoms. The Morgan fingerprint density at radius 1 is 1.25 bits per heavy atom. The van der Waals surface area contributed by atoms with Gasteiger partial charge in [-0.2, -0.15) is 0 Å². The maximum Gasteiger partial charge on any atom is 0.0564 e. The first-order chi connectivity index (χ1) is 5.75. The fourth-order valence-corrected chi connectivity index (χ4v) is 2.26. The molecule has 0 radical (unpaired) electrons. The highest BCUT2D eigenvalue weighted by Gasteiger charge is 2.26. The lowest BCUT2D eigenvalue weighted by Gasteiger charge is -2.30. The largest absolute Gasteiger partial charge is 0.396 e. The van der Waals surface area contributed by atoms with E-state index < -0.39 is 0 Å². The monoisotopic (exact) mass is 172 g/mol. The van der Waals surface area contributed by atoms with Crippen molar-refractivity contribution < 1.29 is 10.2 Å². The first-order valence-electron chi connectivity index (χ1n) is 5.04. The summed E-state index contributed by atoms with van der Waals surface area (Å²) in [5.74, 6) is 0.675. The maximum absolute atomic E-state index is 9.40. The van der Waals surface area contributed by atoms with Crippen LogP contribution in [0, 0.1) is 11.8 Å². The van der Waals surface area contributed by atoms with E-state index in [1.807, 2.05) is 0 Å². The van der Waals surface area contributed by atoms with Gasteiger partial charge in [-0.15, -0.1) is 0 Å². The lowest BCUT2D eigenvalue weighted by Crippen LogP contribution is -2.30. The van der Waals surface area contributed by atoms with E-state index in [0.29, 0.717) is 5.92 Å². The highest BCUT2D eigenvalue weighted by Crippen LogP contribution is 2.31. The van der Waals surface area contributed by atoms with Gasteiger partial charge in [0, 0.05) is 12.5 Å². The van der Waals surface area contributed by atoms with Crippen molar-refractivity contribution in [2.24, 2.45) is 11.8 Å². The van der Waals surface area contributed by atoms with Crippen LogP contribution in [-0.2, 0) is 0 Å². The van der Waals surface area contributed by atoms with Crippen LogP contribution in [-0.4, -0.2) is 22.9 Å². The molecule has 2 atom stereocenters. The molecule has 0 aliphatic heterocycles. The minimum absolute atomic E-state index is 0.116. The summed E-state index contributed by atoms with van der Waals surface area (Å²) < 4.78 is 0. The van der Waals surface area contributed by atoms with Crippen LogP contribution in [0.25, 0.3) is 0 Å². The molecule has 0 saturated heterocycles. The van der Waals surface area contributed by atoms with E-state index in [1.54, 1.807) is 6.92 Å². The topological polar surface area (TPSA) is 40.5 Å². The molecule has 2 nitrogen and oxygen atoms in total. The zero-order chi connectivity index (χ0) is 8.97. The second-order valence-electron chi connectivity index (χ2n) is 3.99. The minimum Gasteiger partial charge on any atom is -0.396 e. The van der Waals surface area contributed by atoms with Gasteiger partial charge in [-0.05, 0) is 12.8 Å². The van der Waals surface area contributed by atoms with Gasteiger partial charge in [0.25, 0.3) is 0 Å². The molecule has 0 aromatic heterocycles. The van der Waals surface area contributed by atoms with Gasteiger partial charge in [0.05, 0.1) is 6.10 Å². The average molecular weight is 172 g/mol. The summed E-state index contributed by atoms with van der Waals surface area (Å²) in [5, 5.41) is 18.5. The van der Waals surface area contributed by atoms with Gasteiger partial charge in [-0.3, -0.25) is 0 Å². The molecule has 1 rings (SSSR count). The van der Waals surface area contributed by atoms with Gasteiger partial charge in [0.2, 0.25) is 0 Å². The number of aliphatic hydroxyl groups excluding tert-OH is 2. The molecule has 0 spiro atoms. The van der Waals surface area contributed by atoms with Crippen LogP contribution in [0.5, 0.6) is 0 Å². The van der Waals surface area contributed by atoms with Crippen LogP contribution in [0.2, 0.25) is 0 Å². The average Bonchev–Trinajstić information content (AvgIpc) is 2.07. The quantitative estimate of drug-likeness (QED) is 0.678. The molecule has 2 N–H and O–H groups in total. The Balaban J connectivity index is 2.40. The maximum atomic E-state index is 9.40. The van der Waals surface area contributed by atoms with Crippen LogP contribution in [0.15, 0.2) is 0 Å². The SMILES string of the molecule is CC(O)C(CO)C1CCCCC1. The highest BCUT2D eigenvalue weighted by molar-refractivity contribution is 4.76. The minimum atomic E-state index is -0.349. The van der Waals surface area contributed by atoms with E-state index >= 15 is 0 Å². The molecule has 1 aliphatic rings. The molecular formula is C10H20O2. The molecule has 1 aliphatic carbocycles. The molecule has 12 heavy (non-hydrogen) atoms. The van der Waals surface area contributed by atoms with Crippen molar-refractivity contribution in [2.45, 2.75) is 45.1 Å². The van der Waals surface area contributed by atoms with E-state index in [-0.39, 0.29) is 18.6 Å². The summed E-state index contributed by atoms with van der Waals surface area (Å²) >= 11 is 0. The molecule has 72 valence electrons. The molecule has 2 heteroatoms. The van der Waals surface area contributed by atoms with Gasteiger partial charge in [0.1, 0.15) is 0 Å². The van der Waals surface area contributed by atoms with E-state index in [4.69, 9.17) is 5.11 Å². The van der Waals surface area contributed by atoms with Crippen molar-refractivity contribution in [1.82, 2.24) is 0 Å². The fourth-order valence-electron chi connectivity index (χ4n) is 2.26. The Bertz CT molecular complexity index is 117. The summed E-state index contributed by atoms with van der Waals surface area (Å²) in [4.78, 5) is 0. The van der Waals surface area contributed by atoms with Gasteiger partial charge >= 0.3 is 0 Å². The second-order valence-corrected chi connectivity index (χ2v) is 3.99. The van der Waals surface area contributed by atoms with E-state index in [0.717, 1.165) is 0 Å². The van der Waals surface area contributed by atoms with E-state index in [1.165, 1.54) is 32.1 Å². The van der Waals surface area contributed by atoms with Crippen LogP contribution < -0.4 is 0 Å². The van der Waals surface area contributed by atoms with Crippen LogP contribution in [0.1, 0.15) is 39.0 Å². The van der Waals surface area contributed by atoms with Gasteiger partial charge in [0.15, 0.2) is 0 Å². The Kier molecular flexibility index (Phi) is 4.02. The molecule has 1 saturated carbocycles. The number of aliphatic hydroxyl groups is 2. The summed E-state index contributed by atoms with van der Waals surface area (Å²) in [6.45, 7) is 1.93. The standard InChI is InChI=1S/C10H20O2/c1-8(12)10(7-11)9-5-3-2-4-6-9/h8-12H,2-7H2,1H3. The molecule has 0 aromatic rings. The van der Waals surface area contributed by atoms with Crippen LogP contribution in [0.3, 0.4) is 0 Å². The Hall–Kier alpha value is -0.0800. The van der Waals surface area contributed by atoms with Crippen LogP contribution >= 0.6 is 0 Å². The van der Waals surface area contributed by atoms with Crippen molar-refractivity contribution in [3.63, 3.8) is 0 Å². The summed E-state index contributed by atoms with van der Waals surface area (Å²) in [5.41, 5.74) is 0. The Morgan fingerprint density at radius 2 is 1.83 bits per heavy atom. The second kappa shape index (κ2) is 4.83. The van der Waals surface area contributed by atoms with Crippen molar-refractivity contribution in [2.75, 3.05) is 6.61 Å². The third kappa shape index (κ3) is 2.46. The predicted molar refractivity (Wildman–Crippen MR) is 48.8 cm³/mol. The number of hydrogen-bond acceptors (Lipinski definition) is 2. The molecule has 1 fully saturated rings. The molecule has 0 heterocycles. The normalized spacial score (nSPS) is 25.2. The zero-order valence-electron chi connectivity index (χ0n) is 7.87. The van der Waals surface area contributed by atoms with E-state index in [2.05, 4.69) is 0 Å². The third-order valence-electron chi connectivity index (χ3n) is 3.09. The van der Waals surface area contributed by atoms with Crippen molar-refractivity contribution in [3.8, 4) is 0 Å².